The molecule has 0 radical (unpaired) electrons. The number of alkyl halides is 3. The Labute approximate surface area is 236 Å². The van der Waals surface area contributed by atoms with E-state index in [4.69, 9.17) is 9.47 Å². The van der Waals surface area contributed by atoms with Gasteiger partial charge in [-0.05, 0) is 55.0 Å². The maximum atomic E-state index is 14.4. The number of aliphatic hydroxyl groups is 1. The van der Waals surface area contributed by atoms with Crippen molar-refractivity contribution in [1.82, 2.24) is 16.0 Å². The molecule has 2 amide bonds. The Balaban J connectivity index is 1.78. The van der Waals surface area contributed by atoms with Gasteiger partial charge in [0.2, 0.25) is 11.8 Å². The van der Waals surface area contributed by atoms with Gasteiger partial charge in [0.1, 0.15) is 11.6 Å². The van der Waals surface area contributed by atoms with Crippen LogP contribution in [-0.2, 0) is 33.5 Å². The number of aliphatic hydroxyl groups excluding tert-OH is 1. The predicted molar refractivity (Wildman–Crippen MR) is 144 cm³/mol. The summed E-state index contributed by atoms with van der Waals surface area (Å²) in [6, 6.07) is 8.12. The molecule has 3 atom stereocenters. The maximum Gasteiger partial charge on any atom is 0.416 e. The highest BCUT2D eigenvalue weighted by Crippen LogP contribution is 2.29. The van der Waals surface area contributed by atoms with Gasteiger partial charge in [0.05, 0.1) is 36.8 Å². The van der Waals surface area contributed by atoms with E-state index in [-0.39, 0.29) is 44.9 Å². The van der Waals surface area contributed by atoms with Gasteiger partial charge in [-0.1, -0.05) is 18.2 Å². The number of ether oxygens (including phenoxy) is 2. The van der Waals surface area contributed by atoms with E-state index >= 15 is 0 Å². The Morgan fingerprint density at radius 3 is 2.73 bits per heavy atom. The zero-order valence-electron chi connectivity index (χ0n) is 22.9. The zero-order chi connectivity index (χ0) is 29.8. The van der Waals surface area contributed by atoms with Gasteiger partial charge < -0.3 is 30.5 Å². The van der Waals surface area contributed by atoms with Gasteiger partial charge in [-0.25, -0.2) is 4.39 Å². The fraction of sp³-hybridized carbons (Fsp3) is 0.517. The summed E-state index contributed by atoms with van der Waals surface area (Å²) in [6.45, 7) is 0.780. The largest absolute Gasteiger partial charge is 0.493 e. The van der Waals surface area contributed by atoms with E-state index in [9.17, 15) is 32.3 Å². The first-order valence-electron chi connectivity index (χ1n) is 13.6. The van der Waals surface area contributed by atoms with Gasteiger partial charge in [-0.2, -0.15) is 13.2 Å². The lowest BCUT2D eigenvalue weighted by Gasteiger charge is -2.27. The second-order valence-electron chi connectivity index (χ2n) is 10.1. The molecule has 1 aliphatic heterocycles. The molecule has 0 aliphatic carbocycles. The van der Waals surface area contributed by atoms with Crippen molar-refractivity contribution in [3.8, 4) is 5.75 Å². The van der Waals surface area contributed by atoms with Crippen molar-refractivity contribution in [3.05, 3.63) is 65.0 Å². The summed E-state index contributed by atoms with van der Waals surface area (Å²) in [6.07, 6.45) is -3.99. The molecule has 3 rings (SSSR count). The van der Waals surface area contributed by atoms with Gasteiger partial charge in [-0.3, -0.25) is 9.59 Å². The molecular formula is C29H37F4N3O5. The Morgan fingerprint density at radius 2 is 1.98 bits per heavy atom. The Kier molecular flexibility index (Phi) is 12.4. The second-order valence-corrected chi connectivity index (χ2v) is 10.1. The lowest BCUT2D eigenvalue weighted by Crippen LogP contribution is -2.50. The van der Waals surface area contributed by atoms with E-state index in [1.54, 1.807) is 6.07 Å². The molecule has 12 heteroatoms. The maximum absolute atomic E-state index is 14.4. The van der Waals surface area contributed by atoms with Gasteiger partial charge in [-0.15, -0.1) is 0 Å². The molecule has 0 aromatic heterocycles. The Morgan fingerprint density at radius 1 is 1.17 bits per heavy atom. The number of methoxy groups -OCH3 is 1. The van der Waals surface area contributed by atoms with E-state index in [2.05, 4.69) is 16.0 Å². The Hall–Kier alpha value is -3.22. The normalized spacial score (nSPS) is 20.3. The lowest BCUT2D eigenvalue weighted by molar-refractivity contribution is -0.137. The average molecular weight is 584 g/mol. The minimum Gasteiger partial charge on any atom is -0.493 e. The van der Waals surface area contributed by atoms with Gasteiger partial charge in [0.15, 0.2) is 0 Å². The van der Waals surface area contributed by atoms with Gasteiger partial charge in [0.25, 0.3) is 0 Å². The second kappa shape index (κ2) is 15.7. The molecule has 4 N–H and O–H groups in total. The van der Waals surface area contributed by atoms with E-state index in [0.717, 1.165) is 12.1 Å². The van der Waals surface area contributed by atoms with Crippen LogP contribution in [-0.4, -0.2) is 62.5 Å². The Bertz CT molecular complexity index is 1150. The highest BCUT2D eigenvalue weighted by atomic mass is 19.4. The summed E-state index contributed by atoms with van der Waals surface area (Å²) in [7, 11) is 1.44. The standard InChI is InChI=1S/C29H37F4N3O5/c1-40-18-21-7-8-27(38)35-9-2-3-10-41-24-13-20(12-23(30)15-24)14-25(36-28(21)39)26(37)17-34-16-19-5-4-6-22(11-19)29(31,32)33/h4-6,11-13,15,21,25-26,34,37H,2-3,7-10,14,16-18H2,1H3,(H,35,38)(H,36,39)/t21?,25-,26+/m0/s1. The highest BCUT2D eigenvalue weighted by molar-refractivity contribution is 5.81. The van der Waals surface area contributed by atoms with E-state index in [1.807, 2.05) is 0 Å². The quantitative estimate of drug-likeness (QED) is 0.373. The number of amides is 2. The molecule has 0 saturated carbocycles. The lowest BCUT2D eigenvalue weighted by atomic mass is 9.97. The van der Waals surface area contributed by atoms with Crippen molar-refractivity contribution in [2.75, 3.05) is 33.4 Å². The van der Waals surface area contributed by atoms with Crippen LogP contribution >= 0.6 is 0 Å². The third kappa shape index (κ3) is 10.9. The number of hydrogen-bond acceptors (Lipinski definition) is 6. The summed E-state index contributed by atoms with van der Waals surface area (Å²) >= 11 is 0. The minimum absolute atomic E-state index is 0.0427. The van der Waals surface area contributed by atoms with Crippen molar-refractivity contribution >= 4 is 11.8 Å². The van der Waals surface area contributed by atoms with E-state index in [1.165, 1.54) is 31.4 Å². The van der Waals surface area contributed by atoms with E-state index < -0.39 is 41.5 Å². The van der Waals surface area contributed by atoms with Crippen molar-refractivity contribution < 1.29 is 41.7 Å². The number of halogens is 4. The topological polar surface area (TPSA) is 109 Å². The molecule has 2 bridgehead atoms. The predicted octanol–water partition coefficient (Wildman–Crippen LogP) is 3.35. The van der Waals surface area contributed by atoms with E-state index in [0.29, 0.717) is 42.9 Å². The number of hydrogen-bond donors (Lipinski definition) is 4. The van der Waals surface area contributed by atoms with Crippen LogP contribution in [0.4, 0.5) is 17.6 Å². The van der Waals surface area contributed by atoms with Crippen LogP contribution in [0.2, 0.25) is 0 Å². The summed E-state index contributed by atoms with van der Waals surface area (Å²) in [4.78, 5) is 25.5. The van der Waals surface area contributed by atoms with Crippen molar-refractivity contribution in [2.24, 2.45) is 5.92 Å². The SMILES string of the molecule is COCC1CCC(=O)NCCCCOc2cc(F)cc(c2)C[C@@H]([C@H](O)CNCc2cccc(C(F)(F)F)c2)NC1=O. The van der Waals surface area contributed by atoms with Crippen LogP contribution in [0.15, 0.2) is 42.5 Å². The number of carbonyl (C=O) groups is 2. The summed E-state index contributed by atoms with van der Waals surface area (Å²) in [5, 5.41) is 19.6. The molecule has 1 unspecified atom stereocenters. The molecule has 0 spiro atoms. The van der Waals surface area contributed by atoms with Crippen LogP contribution in [0.25, 0.3) is 0 Å². The monoisotopic (exact) mass is 583 g/mol. The number of carbonyl (C=O) groups excluding carboxylic acids is 2. The highest BCUT2D eigenvalue weighted by Gasteiger charge is 2.30. The molecule has 0 saturated heterocycles. The number of fused-ring (bicyclic) bond motifs is 2. The molecule has 41 heavy (non-hydrogen) atoms. The average Bonchev–Trinajstić information content (AvgIpc) is 2.91. The van der Waals surface area contributed by atoms with Crippen LogP contribution < -0.4 is 20.7 Å². The molecule has 1 aliphatic rings. The third-order valence-electron chi connectivity index (χ3n) is 6.74. The van der Waals surface area contributed by atoms with Crippen molar-refractivity contribution in [2.45, 2.75) is 57.0 Å². The first-order chi connectivity index (χ1) is 19.5. The fourth-order valence-electron chi connectivity index (χ4n) is 4.55. The van der Waals surface area contributed by atoms with Crippen LogP contribution in [0.1, 0.15) is 42.4 Å². The summed E-state index contributed by atoms with van der Waals surface area (Å²) in [5.41, 5.74) is 0.0712. The van der Waals surface area contributed by atoms with Crippen LogP contribution in [0.5, 0.6) is 5.75 Å². The summed E-state index contributed by atoms with van der Waals surface area (Å²) < 4.78 is 64.5. The molecule has 2 aromatic carbocycles. The first-order valence-corrected chi connectivity index (χ1v) is 13.6. The van der Waals surface area contributed by atoms with Gasteiger partial charge in [0, 0.05) is 39.2 Å². The van der Waals surface area contributed by atoms with Crippen LogP contribution in [0.3, 0.4) is 0 Å². The van der Waals surface area contributed by atoms with Gasteiger partial charge >= 0.3 is 6.18 Å². The third-order valence-corrected chi connectivity index (χ3v) is 6.74. The smallest absolute Gasteiger partial charge is 0.416 e. The van der Waals surface area contributed by atoms with Crippen molar-refractivity contribution in [3.63, 3.8) is 0 Å². The number of nitrogens with one attached hydrogen (secondary N) is 3. The first kappa shape index (κ1) is 32.3. The van der Waals surface area contributed by atoms with Crippen molar-refractivity contribution in [1.29, 1.82) is 0 Å². The molecule has 2 aromatic rings. The molecule has 0 fully saturated rings. The van der Waals surface area contributed by atoms with Crippen LogP contribution in [0, 0.1) is 11.7 Å². The summed E-state index contributed by atoms with van der Waals surface area (Å²) in [5.74, 6) is -1.57. The fourth-order valence-corrected chi connectivity index (χ4v) is 4.55. The minimum atomic E-state index is -4.48. The molecule has 1 heterocycles. The molecular weight excluding hydrogens is 546 g/mol. The molecule has 226 valence electrons. The zero-order valence-corrected chi connectivity index (χ0v) is 22.9. The number of rotatable bonds is 7. The molecule has 8 nitrogen and oxygen atoms in total. The number of benzene rings is 2.